The van der Waals surface area contributed by atoms with Crippen LogP contribution in [-0.2, 0) is 0 Å². The van der Waals surface area contributed by atoms with Gasteiger partial charge in [0, 0.05) is 6.20 Å². The van der Waals surface area contributed by atoms with E-state index in [1.165, 1.54) is 6.33 Å². The van der Waals surface area contributed by atoms with Gasteiger partial charge in [0.05, 0.1) is 10.9 Å². The number of nitrogens with zero attached hydrogens (tertiary/aromatic N) is 2. The lowest BCUT2D eigenvalue weighted by molar-refractivity contribution is 0.0699. The van der Waals surface area contributed by atoms with Crippen molar-refractivity contribution in [1.82, 2.24) is 15.0 Å². The van der Waals surface area contributed by atoms with Gasteiger partial charge in [0.15, 0.2) is 0 Å². The number of benzene rings is 2. The zero-order valence-corrected chi connectivity index (χ0v) is 11.9. The molecule has 0 aliphatic carbocycles. The van der Waals surface area contributed by atoms with Gasteiger partial charge in [-0.05, 0) is 41.1 Å². The lowest BCUT2D eigenvalue weighted by Gasteiger charge is -2.08. The molecule has 4 aromatic rings. The van der Waals surface area contributed by atoms with Crippen LogP contribution >= 0.6 is 0 Å². The molecule has 0 amide bonds. The van der Waals surface area contributed by atoms with Gasteiger partial charge < -0.3 is 14.8 Å². The van der Waals surface area contributed by atoms with Crippen molar-refractivity contribution < 1.29 is 14.6 Å². The Labute approximate surface area is 130 Å². The molecular weight excluding hydrogens is 294 g/mol. The Morgan fingerprint density at radius 1 is 1.09 bits per heavy atom. The van der Waals surface area contributed by atoms with Gasteiger partial charge in [0.1, 0.15) is 17.7 Å². The number of rotatable bonds is 3. The molecule has 0 spiro atoms. The Balaban J connectivity index is 1.78. The summed E-state index contributed by atoms with van der Waals surface area (Å²) < 4.78 is 5.84. The molecule has 112 valence electrons. The summed E-state index contributed by atoms with van der Waals surface area (Å²) in [5.41, 5.74) is 0.966. The summed E-state index contributed by atoms with van der Waals surface area (Å²) >= 11 is 0. The van der Waals surface area contributed by atoms with Gasteiger partial charge in [-0.3, -0.25) is 0 Å². The zero-order valence-electron chi connectivity index (χ0n) is 11.9. The van der Waals surface area contributed by atoms with Crippen LogP contribution in [0, 0.1) is 0 Å². The van der Waals surface area contributed by atoms with E-state index in [4.69, 9.17) is 4.74 Å². The molecule has 4 rings (SSSR count). The predicted octanol–water partition coefficient (Wildman–Crippen LogP) is 3.60. The average molecular weight is 305 g/mol. The van der Waals surface area contributed by atoms with Crippen LogP contribution in [0.5, 0.6) is 11.6 Å². The summed E-state index contributed by atoms with van der Waals surface area (Å²) in [6.45, 7) is 0. The maximum atomic E-state index is 11.3. The third kappa shape index (κ3) is 2.26. The number of fused-ring (bicyclic) bond motifs is 2. The summed E-state index contributed by atoms with van der Waals surface area (Å²) in [5, 5.41) is 11.5. The highest BCUT2D eigenvalue weighted by atomic mass is 16.5. The molecule has 2 aromatic carbocycles. The predicted molar refractivity (Wildman–Crippen MR) is 84.9 cm³/mol. The molecule has 2 aromatic heterocycles. The average Bonchev–Trinajstić information content (AvgIpc) is 3.03. The van der Waals surface area contributed by atoms with E-state index in [0.29, 0.717) is 22.7 Å². The number of carboxylic acids is 1. The summed E-state index contributed by atoms with van der Waals surface area (Å²) in [6, 6.07) is 12.2. The zero-order chi connectivity index (χ0) is 15.8. The summed E-state index contributed by atoms with van der Waals surface area (Å²) in [7, 11) is 0. The lowest BCUT2D eigenvalue weighted by Crippen LogP contribution is -1.97. The summed E-state index contributed by atoms with van der Waals surface area (Å²) in [6.07, 6.45) is 3.20. The number of H-pyrrole nitrogens is 1. The first-order chi connectivity index (χ1) is 11.2. The van der Waals surface area contributed by atoms with Gasteiger partial charge in [-0.1, -0.05) is 12.1 Å². The third-order valence-electron chi connectivity index (χ3n) is 3.61. The number of aromatic carboxylic acids is 1. The van der Waals surface area contributed by atoms with Crippen molar-refractivity contribution in [3.8, 4) is 11.6 Å². The van der Waals surface area contributed by atoms with E-state index in [-0.39, 0.29) is 5.56 Å². The Bertz CT molecular complexity index is 1040. The second-order valence-corrected chi connectivity index (χ2v) is 5.01. The fraction of sp³-hybridized carbons (Fsp3) is 0. The Morgan fingerprint density at radius 2 is 2.00 bits per heavy atom. The monoisotopic (exact) mass is 305 g/mol. The fourth-order valence-electron chi connectivity index (χ4n) is 2.55. The molecule has 6 heteroatoms. The molecule has 0 atom stereocenters. The number of hydrogen-bond donors (Lipinski definition) is 2. The molecule has 0 saturated carbocycles. The normalized spacial score (nSPS) is 11.0. The highest BCUT2D eigenvalue weighted by Gasteiger charge is 2.10. The minimum absolute atomic E-state index is 0.268. The van der Waals surface area contributed by atoms with Crippen molar-refractivity contribution in [3.05, 3.63) is 60.6 Å². The molecule has 0 radical (unpaired) electrons. The van der Waals surface area contributed by atoms with Crippen molar-refractivity contribution in [3.63, 3.8) is 0 Å². The Kier molecular flexibility index (Phi) is 2.94. The van der Waals surface area contributed by atoms with Gasteiger partial charge in [-0.2, -0.15) is 0 Å². The number of nitrogens with one attached hydrogen (secondary N) is 1. The Hall–Kier alpha value is -3.41. The van der Waals surface area contributed by atoms with Crippen molar-refractivity contribution in [2.45, 2.75) is 0 Å². The van der Waals surface area contributed by atoms with E-state index < -0.39 is 5.97 Å². The van der Waals surface area contributed by atoms with Crippen LogP contribution in [0.4, 0.5) is 0 Å². The van der Waals surface area contributed by atoms with Crippen LogP contribution in [0.2, 0.25) is 0 Å². The lowest BCUT2D eigenvalue weighted by atomic mass is 10.0. The first kappa shape index (κ1) is 13.3. The molecular formula is C17H11N3O3. The van der Waals surface area contributed by atoms with Gasteiger partial charge in [-0.25, -0.2) is 14.8 Å². The third-order valence-corrected chi connectivity index (χ3v) is 3.61. The molecule has 23 heavy (non-hydrogen) atoms. The van der Waals surface area contributed by atoms with Crippen LogP contribution in [0.1, 0.15) is 10.4 Å². The first-order valence-electron chi connectivity index (χ1n) is 6.94. The van der Waals surface area contributed by atoms with Crippen molar-refractivity contribution in [2.24, 2.45) is 0 Å². The second-order valence-electron chi connectivity index (χ2n) is 5.01. The summed E-state index contributed by atoms with van der Waals surface area (Å²) in [5.74, 6) is 0.0836. The van der Waals surface area contributed by atoms with Crippen molar-refractivity contribution >= 4 is 27.8 Å². The SMILES string of the molecule is O=C(O)c1cccc2cc(Oc3ncnc4[nH]ccc34)ccc12. The van der Waals surface area contributed by atoms with Gasteiger partial charge in [0.25, 0.3) is 0 Å². The van der Waals surface area contributed by atoms with E-state index in [9.17, 15) is 9.90 Å². The molecule has 2 heterocycles. The molecule has 0 unspecified atom stereocenters. The quantitative estimate of drug-likeness (QED) is 0.603. The largest absolute Gasteiger partial charge is 0.478 e. The molecule has 2 N–H and O–H groups in total. The smallest absolute Gasteiger partial charge is 0.336 e. The van der Waals surface area contributed by atoms with Gasteiger partial charge >= 0.3 is 5.97 Å². The number of hydrogen-bond acceptors (Lipinski definition) is 4. The standard InChI is InChI=1S/C17H11N3O3/c21-17(22)13-3-1-2-10-8-11(4-5-12(10)13)23-16-14-6-7-18-15(14)19-9-20-16/h1-9H,(H,21,22)(H,18,19,20). The van der Waals surface area contributed by atoms with E-state index in [0.717, 1.165) is 10.8 Å². The van der Waals surface area contributed by atoms with Crippen molar-refractivity contribution in [1.29, 1.82) is 0 Å². The Morgan fingerprint density at radius 3 is 2.87 bits per heavy atom. The summed E-state index contributed by atoms with van der Waals surface area (Å²) in [4.78, 5) is 22.5. The van der Waals surface area contributed by atoms with E-state index >= 15 is 0 Å². The number of carbonyl (C=O) groups is 1. The number of carboxylic acid groups (broad SMARTS) is 1. The van der Waals surface area contributed by atoms with Gasteiger partial charge in [-0.15, -0.1) is 0 Å². The van der Waals surface area contributed by atoms with Gasteiger partial charge in [0.2, 0.25) is 5.88 Å². The molecule has 0 saturated heterocycles. The minimum atomic E-state index is -0.950. The van der Waals surface area contributed by atoms with Crippen LogP contribution in [0.15, 0.2) is 55.0 Å². The number of aromatic nitrogens is 3. The highest BCUT2D eigenvalue weighted by molar-refractivity contribution is 6.03. The minimum Gasteiger partial charge on any atom is -0.478 e. The van der Waals surface area contributed by atoms with E-state index in [1.54, 1.807) is 36.5 Å². The molecule has 6 nitrogen and oxygen atoms in total. The van der Waals surface area contributed by atoms with E-state index in [1.807, 2.05) is 12.1 Å². The highest BCUT2D eigenvalue weighted by Crippen LogP contribution is 2.29. The maximum Gasteiger partial charge on any atom is 0.336 e. The van der Waals surface area contributed by atoms with Crippen LogP contribution in [-0.4, -0.2) is 26.0 Å². The first-order valence-corrected chi connectivity index (χ1v) is 6.94. The fourth-order valence-corrected chi connectivity index (χ4v) is 2.55. The number of aromatic amines is 1. The van der Waals surface area contributed by atoms with Crippen LogP contribution in [0.25, 0.3) is 21.8 Å². The topological polar surface area (TPSA) is 88.1 Å². The van der Waals surface area contributed by atoms with Crippen molar-refractivity contribution in [2.75, 3.05) is 0 Å². The van der Waals surface area contributed by atoms with E-state index in [2.05, 4.69) is 15.0 Å². The molecule has 0 fully saturated rings. The number of ether oxygens (including phenoxy) is 1. The molecule has 0 aliphatic heterocycles. The maximum absolute atomic E-state index is 11.3. The van der Waals surface area contributed by atoms with Crippen LogP contribution < -0.4 is 4.74 Å². The second kappa shape index (κ2) is 5.10. The molecule has 0 aliphatic rings. The molecule has 0 bridgehead atoms. The van der Waals surface area contributed by atoms with Crippen LogP contribution in [0.3, 0.4) is 0 Å².